The second-order valence-electron chi connectivity index (χ2n) is 5.28. The highest BCUT2D eigenvalue weighted by atomic mass is 79.9. The van der Waals surface area contributed by atoms with Crippen molar-refractivity contribution < 1.29 is 8.95 Å². The normalized spacial score (nSPS) is 21.4. The van der Waals surface area contributed by atoms with E-state index < -0.39 is 10.8 Å². The highest BCUT2D eigenvalue weighted by molar-refractivity contribution is 9.10. The van der Waals surface area contributed by atoms with Crippen LogP contribution in [0.5, 0.6) is 5.75 Å². The first-order chi connectivity index (χ1) is 9.58. The van der Waals surface area contributed by atoms with Gasteiger partial charge >= 0.3 is 0 Å². The van der Waals surface area contributed by atoms with Crippen LogP contribution in [0.3, 0.4) is 0 Å². The number of halogens is 1. The van der Waals surface area contributed by atoms with Crippen molar-refractivity contribution in [2.45, 2.75) is 37.5 Å². The van der Waals surface area contributed by atoms with Crippen molar-refractivity contribution in [1.29, 1.82) is 0 Å². The predicted molar refractivity (Wildman–Crippen MR) is 87.8 cm³/mol. The average Bonchev–Trinajstić information content (AvgIpc) is 2.60. The first kappa shape index (κ1) is 16.0. The van der Waals surface area contributed by atoms with Crippen molar-refractivity contribution >= 4 is 26.7 Å². The molecule has 0 bridgehead atoms. The lowest BCUT2D eigenvalue weighted by molar-refractivity contribution is 0.315. The molecule has 1 heterocycles. The van der Waals surface area contributed by atoms with Gasteiger partial charge in [0.2, 0.25) is 0 Å². The average molecular weight is 360 g/mol. The zero-order chi connectivity index (χ0) is 14.5. The summed E-state index contributed by atoms with van der Waals surface area (Å²) in [6.07, 6.45) is 4.85. The molecular weight excluding hydrogens is 338 g/mol. The Morgan fingerprint density at radius 2 is 2.35 bits per heavy atom. The molecule has 0 aliphatic carbocycles. The van der Waals surface area contributed by atoms with Gasteiger partial charge in [-0.25, -0.2) is 0 Å². The molecular formula is C15H22BrNO2S. The van der Waals surface area contributed by atoms with Crippen LogP contribution < -0.4 is 10.1 Å². The molecule has 2 rings (SSSR count). The molecule has 0 amide bonds. The van der Waals surface area contributed by atoms with Gasteiger partial charge in [0.15, 0.2) is 0 Å². The van der Waals surface area contributed by atoms with Crippen molar-refractivity contribution in [3.8, 4) is 5.75 Å². The van der Waals surface area contributed by atoms with Gasteiger partial charge in [0.25, 0.3) is 0 Å². The van der Waals surface area contributed by atoms with Gasteiger partial charge in [-0.3, -0.25) is 4.21 Å². The van der Waals surface area contributed by atoms with Gasteiger partial charge in [-0.15, -0.1) is 0 Å². The fourth-order valence-electron chi connectivity index (χ4n) is 2.38. The summed E-state index contributed by atoms with van der Waals surface area (Å²) in [7, 11) is -0.739. The quantitative estimate of drug-likeness (QED) is 0.875. The summed E-state index contributed by atoms with van der Waals surface area (Å²) in [6.45, 7) is 3.71. The molecule has 0 saturated carbocycles. The van der Waals surface area contributed by atoms with Crippen molar-refractivity contribution in [3.63, 3.8) is 0 Å². The van der Waals surface area contributed by atoms with Crippen LogP contribution in [0.25, 0.3) is 0 Å². The van der Waals surface area contributed by atoms with E-state index in [1.807, 2.05) is 13.0 Å². The maximum absolute atomic E-state index is 11.4. The number of benzene rings is 1. The molecule has 1 aliphatic heterocycles. The van der Waals surface area contributed by atoms with E-state index in [1.54, 1.807) is 6.26 Å². The smallest absolute Gasteiger partial charge is 0.125 e. The van der Waals surface area contributed by atoms with Gasteiger partial charge in [0.1, 0.15) is 5.75 Å². The molecule has 0 aromatic heterocycles. The minimum atomic E-state index is -0.739. The minimum absolute atomic E-state index is 0.244. The standard InChI is InChI=1S/C15H22BrNO2S/c1-11(20(2)18)7-8-17-14-4-3-9-19-15-10-12(16)5-6-13(14)15/h5-6,10-11,14,17H,3-4,7-9H2,1-2H3. The molecule has 112 valence electrons. The summed E-state index contributed by atoms with van der Waals surface area (Å²) in [4.78, 5) is 0. The summed E-state index contributed by atoms with van der Waals surface area (Å²) in [5.74, 6) is 0.974. The molecule has 0 fully saturated rings. The summed E-state index contributed by atoms with van der Waals surface area (Å²) in [6, 6.07) is 6.56. The van der Waals surface area contributed by atoms with Crippen molar-refractivity contribution in [3.05, 3.63) is 28.2 Å². The van der Waals surface area contributed by atoms with E-state index in [9.17, 15) is 4.21 Å². The van der Waals surface area contributed by atoms with Gasteiger partial charge in [0, 0.05) is 38.4 Å². The molecule has 5 heteroatoms. The highest BCUT2D eigenvalue weighted by Crippen LogP contribution is 2.33. The molecule has 3 atom stereocenters. The van der Waals surface area contributed by atoms with Crippen LogP contribution in [0.4, 0.5) is 0 Å². The Bertz CT molecular complexity index is 481. The topological polar surface area (TPSA) is 38.3 Å². The number of fused-ring (bicyclic) bond motifs is 1. The van der Waals surface area contributed by atoms with Gasteiger partial charge in [-0.2, -0.15) is 0 Å². The molecule has 1 aromatic carbocycles. The molecule has 0 saturated heterocycles. The van der Waals surface area contributed by atoms with E-state index in [4.69, 9.17) is 4.74 Å². The van der Waals surface area contributed by atoms with Crippen LogP contribution >= 0.6 is 15.9 Å². The van der Waals surface area contributed by atoms with Gasteiger partial charge < -0.3 is 10.1 Å². The van der Waals surface area contributed by atoms with Crippen LogP contribution in [0, 0.1) is 0 Å². The molecule has 20 heavy (non-hydrogen) atoms. The molecule has 0 spiro atoms. The zero-order valence-electron chi connectivity index (χ0n) is 12.0. The minimum Gasteiger partial charge on any atom is -0.493 e. The van der Waals surface area contributed by atoms with E-state index in [2.05, 4.69) is 33.4 Å². The van der Waals surface area contributed by atoms with Crippen LogP contribution in [0.2, 0.25) is 0 Å². The monoisotopic (exact) mass is 359 g/mol. The lowest BCUT2D eigenvalue weighted by Gasteiger charge is -2.19. The maximum atomic E-state index is 11.4. The predicted octanol–water partition coefficient (Wildman–Crippen LogP) is 3.41. The Morgan fingerprint density at radius 1 is 1.55 bits per heavy atom. The van der Waals surface area contributed by atoms with Crippen molar-refractivity contribution in [2.75, 3.05) is 19.4 Å². The number of rotatable bonds is 5. The van der Waals surface area contributed by atoms with Gasteiger partial charge in [-0.1, -0.05) is 28.9 Å². The summed E-state index contributed by atoms with van der Waals surface area (Å²) in [5.41, 5.74) is 1.23. The lowest BCUT2D eigenvalue weighted by atomic mass is 10.0. The number of hydrogen-bond donors (Lipinski definition) is 1. The Labute approximate surface area is 132 Å². The molecule has 3 nitrogen and oxygen atoms in total. The Morgan fingerprint density at radius 3 is 3.10 bits per heavy atom. The van der Waals surface area contributed by atoms with E-state index in [-0.39, 0.29) is 5.25 Å². The van der Waals surface area contributed by atoms with Gasteiger partial charge in [0.05, 0.1) is 6.61 Å². The summed E-state index contributed by atoms with van der Waals surface area (Å²) < 4.78 is 18.2. The van der Waals surface area contributed by atoms with E-state index in [0.717, 1.165) is 42.6 Å². The largest absolute Gasteiger partial charge is 0.493 e. The second-order valence-corrected chi connectivity index (χ2v) is 8.00. The van der Waals surface area contributed by atoms with Crippen molar-refractivity contribution in [1.82, 2.24) is 5.32 Å². The first-order valence-corrected chi connectivity index (χ1v) is 9.47. The number of hydrogen-bond acceptors (Lipinski definition) is 3. The Hall–Kier alpha value is -0.390. The van der Waals surface area contributed by atoms with E-state index >= 15 is 0 Å². The fourth-order valence-corrected chi connectivity index (χ4v) is 3.17. The highest BCUT2D eigenvalue weighted by Gasteiger charge is 2.19. The van der Waals surface area contributed by atoms with E-state index in [1.165, 1.54) is 5.56 Å². The lowest BCUT2D eigenvalue weighted by Crippen LogP contribution is -2.25. The van der Waals surface area contributed by atoms with Gasteiger partial charge in [-0.05, 0) is 37.9 Å². The molecule has 1 N–H and O–H groups in total. The molecule has 3 unspecified atom stereocenters. The summed E-state index contributed by atoms with van der Waals surface area (Å²) >= 11 is 3.49. The third-order valence-electron chi connectivity index (χ3n) is 3.75. The first-order valence-electron chi connectivity index (χ1n) is 7.06. The SMILES string of the molecule is CC(CCNC1CCCOc2cc(Br)ccc21)S(C)=O. The number of nitrogens with one attached hydrogen (secondary N) is 1. The van der Waals surface area contributed by atoms with Crippen LogP contribution in [0.15, 0.2) is 22.7 Å². The third-order valence-corrected chi connectivity index (χ3v) is 5.62. The zero-order valence-corrected chi connectivity index (χ0v) is 14.4. The van der Waals surface area contributed by atoms with Crippen LogP contribution in [0.1, 0.15) is 37.8 Å². The number of ether oxygens (including phenoxy) is 1. The van der Waals surface area contributed by atoms with E-state index in [0.29, 0.717) is 6.04 Å². The molecule has 1 aromatic rings. The van der Waals surface area contributed by atoms with Crippen molar-refractivity contribution in [2.24, 2.45) is 0 Å². The molecule has 1 aliphatic rings. The summed E-state index contributed by atoms with van der Waals surface area (Å²) in [5, 5.41) is 3.84. The fraction of sp³-hybridized carbons (Fsp3) is 0.600. The second kappa shape index (κ2) is 7.57. The molecule has 0 radical (unpaired) electrons. The Balaban J connectivity index is 2.00. The Kier molecular flexibility index (Phi) is 6.05. The van der Waals surface area contributed by atoms with Crippen LogP contribution in [-0.4, -0.2) is 28.9 Å². The third kappa shape index (κ3) is 4.30. The maximum Gasteiger partial charge on any atom is 0.125 e. The van der Waals surface area contributed by atoms with Crippen LogP contribution in [-0.2, 0) is 10.8 Å².